The molecule has 8 heteroatoms. The van der Waals surface area contributed by atoms with Crippen LogP contribution in [0.2, 0.25) is 0 Å². The van der Waals surface area contributed by atoms with Crippen LogP contribution in [-0.4, -0.2) is 42.1 Å². The highest BCUT2D eigenvalue weighted by Gasteiger charge is 2.22. The van der Waals surface area contributed by atoms with Crippen LogP contribution < -0.4 is 15.4 Å². The van der Waals surface area contributed by atoms with Crippen LogP contribution in [0.25, 0.3) is 6.08 Å². The molecule has 0 aliphatic carbocycles. The minimum absolute atomic E-state index is 0.0682. The minimum Gasteiger partial charge on any atom is -0.484 e. The molecule has 0 radical (unpaired) electrons. The van der Waals surface area contributed by atoms with Crippen molar-refractivity contribution in [3.05, 3.63) is 52.9 Å². The van der Waals surface area contributed by atoms with Gasteiger partial charge in [0.2, 0.25) is 5.91 Å². The Morgan fingerprint density at radius 1 is 1.03 bits per heavy atom. The molecule has 0 saturated carbocycles. The number of nitrogens with one attached hydrogen (secondary N) is 2. The van der Waals surface area contributed by atoms with Crippen molar-refractivity contribution in [3.63, 3.8) is 0 Å². The molecule has 2 aromatic rings. The van der Waals surface area contributed by atoms with E-state index in [1.807, 2.05) is 32.3 Å². The molecule has 1 aromatic carbocycles. The smallest absolute Gasteiger partial charge is 0.340 e. The van der Waals surface area contributed by atoms with Crippen molar-refractivity contribution in [1.82, 2.24) is 9.88 Å². The van der Waals surface area contributed by atoms with Crippen molar-refractivity contribution in [2.24, 2.45) is 0 Å². The van der Waals surface area contributed by atoms with E-state index in [9.17, 15) is 14.4 Å². The molecule has 0 saturated heterocycles. The Bertz CT molecular complexity index is 990. The van der Waals surface area contributed by atoms with Crippen LogP contribution in [0.1, 0.15) is 48.1 Å². The fourth-order valence-electron chi connectivity index (χ4n) is 3.42. The third kappa shape index (κ3) is 6.23. The van der Waals surface area contributed by atoms with E-state index < -0.39 is 5.97 Å². The van der Waals surface area contributed by atoms with Gasteiger partial charge < -0.3 is 24.7 Å². The molecule has 0 atom stereocenters. The van der Waals surface area contributed by atoms with E-state index in [0.29, 0.717) is 35.7 Å². The van der Waals surface area contributed by atoms with E-state index in [1.54, 1.807) is 37.3 Å². The van der Waals surface area contributed by atoms with Gasteiger partial charge in [-0.1, -0.05) is 0 Å². The molecule has 2 rings (SSSR count). The summed E-state index contributed by atoms with van der Waals surface area (Å²) in [6, 6.07) is 6.72. The summed E-state index contributed by atoms with van der Waals surface area (Å²) in [7, 11) is 0. The van der Waals surface area contributed by atoms with E-state index in [1.165, 1.54) is 6.08 Å². The Morgan fingerprint density at radius 3 is 2.31 bits per heavy atom. The van der Waals surface area contributed by atoms with Gasteiger partial charge >= 0.3 is 5.97 Å². The summed E-state index contributed by atoms with van der Waals surface area (Å²) in [5.41, 5.74) is 3.43. The zero-order valence-corrected chi connectivity index (χ0v) is 19.3. The average Bonchev–Trinajstić information content (AvgIpc) is 3.01. The summed E-state index contributed by atoms with van der Waals surface area (Å²) in [6.45, 7) is 10.8. The Hall–Kier alpha value is -3.55. The van der Waals surface area contributed by atoms with Crippen LogP contribution in [0.3, 0.4) is 0 Å². The topological polar surface area (TPSA) is 98.7 Å². The van der Waals surface area contributed by atoms with Gasteiger partial charge in [0, 0.05) is 41.8 Å². The number of carbonyl (C=O) groups is 3. The second kappa shape index (κ2) is 11.7. The Morgan fingerprint density at radius 2 is 1.72 bits per heavy atom. The first-order valence-electron chi connectivity index (χ1n) is 10.7. The maximum atomic E-state index is 12.5. The summed E-state index contributed by atoms with van der Waals surface area (Å²) in [5, 5.41) is 5.42. The largest absolute Gasteiger partial charge is 0.484 e. The molecule has 0 unspecified atom stereocenters. The van der Waals surface area contributed by atoms with Crippen molar-refractivity contribution in [1.29, 1.82) is 0 Å². The van der Waals surface area contributed by atoms with Gasteiger partial charge in [-0.15, -0.1) is 0 Å². The number of carbonyl (C=O) groups excluding carboxylic acids is 3. The fourth-order valence-corrected chi connectivity index (χ4v) is 3.42. The summed E-state index contributed by atoms with van der Waals surface area (Å²) in [5.74, 6) is -0.406. The standard InChI is InChI=1S/C24H31N3O5/c1-6-25-22(29)15-32-19-11-9-18(10-12-19)26-21(28)14-13-20-16(4)27(7-2)17(5)23(20)24(30)31-8-3/h9-14H,6-8,15H2,1-5H3,(H,25,29)(H,26,28)/b14-13+. The van der Waals surface area contributed by atoms with Crippen molar-refractivity contribution >= 4 is 29.5 Å². The van der Waals surface area contributed by atoms with Gasteiger partial charge in [-0.05, 0) is 65.0 Å². The molecule has 0 fully saturated rings. The maximum absolute atomic E-state index is 12.5. The Balaban J connectivity index is 2.09. The number of hydrogen-bond donors (Lipinski definition) is 2. The third-order valence-electron chi connectivity index (χ3n) is 4.89. The number of hydrogen-bond acceptors (Lipinski definition) is 5. The highest BCUT2D eigenvalue weighted by atomic mass is 16.5. The number of ether oxygens (including phenoxy) is 2. The SMILES string of the molecule is CCNC(=O)COc1ccc(NC(=O)/C=C/c2c(C(=O)OCC)c(C)n(CC)c2C)cc1. The minimum atomic E-state index is -0.399. The molecule has 0 bridgehead atoms. The highest BCUT2D eigenvalue weighted by Crippen LogP contribution is 2.25. The Labute approximate surface area is 188 Å². The molecule has 8 nitrogen and oxygen atoms in total. The molecule has 0 aliphatic heterocycles. The van der Waals surface area contributed by atoms with E-state index in [4.69, 9.17) is 9.47 Å². The number of benzene rings is 1. The van der Waals surface area contributed by atoms with Crippen LogP contribution >= 0.6 is 0 Å². The first-order chi connectivity index (χ1) is 15.3. The number of aromatic nitrogens is 1. The van der Waals surface area contributed by atoms with Crippen molar-refractivity contribution < 1.29 is 23.9 Å². The van der Waals surface area contributed by atoms with Crippen molar-refractivity contribution in [3.8, 4) is 5.75 Å². The van der Waals surface area contributed by atoms with E-state index in [2.05, 4.69) is 10.6 Å². The van der Waals surface area contributed by atoms with Gasteiger partial charge in [-0.2, -0.15) is 0 Å². The van der Waals surface area contributed by atoms with Gasteiger partial charge in [0.15, 0.2) is 6.61 Å². The predicted molar refractivity (Wildman–Crippen MR) is 124 cm³/mol. The maximum Gasteiger partial charge on any atom is 0.340 e. The number of likely N-dealkylation sites (N-methyl/N-ethyl adjacent to an activating group) is 1. The monoisotopic (exact) mass is 441 g/mol. The zero-order chi connectivity index (χ0) is 23.7. The molecule has 2 N–H and O–H groups in total. The molecule has 172 valence electrons. The van der Waals surface area contributed by atoms with Gasteiger partial charge in [0.25, 0.3) is 5.91 Å². The molecule has 32 heavy (non-hydrogen) atoms. The lowest BCUT2D eigenvalue weighted by Crippen LogP contribution is -2.28. The lowest BCUT2D eigenvalue weighted by atomic mass is 10.1. The molecule has 1 aromatic heterocycles. The van der Waals surface area contributed by atoms with Gasteiger partial charge in [0.05, 0.1) is 12.2 Å². The fraction of sp³-hybridized carbons (Fsp3) is 0.375. The summed E-state index contributed by atoms with van der Waals surface area (Å²) >= 11 is 0. The van der Waals surface area contributed by atoms with Gasteiger partial charge in [-0.3, -0.25) is 9.59 Å². The van der Waals surface area contributed by atoms with Crippen LogP contribution in [0, 0.1) is 13.8 Å². The highest BCUT2D eigenvalue weighted by molar-refractivity contribution is 6.04. The molecule has 0 spiro atoms. The lowest BCUT2D eigenvalue weighted by Gasteiger charge is -2.07. The predicted octanol–water partition coefficient (Wildman–Crippen LogP) is 3.47. The van der Waals surface area contributed by atoms with E-state index >= 15 is 0 Å². The van der Waals surface area contributed by atoms with Crippen molar-refractivity contribution in [2.75, 3.05) is 25.1 Å². The average molecular weight is 442 g/mol. The number of amides is 2. The molecular weight excluding hydrogens is 410 g/mol. The molecule has 0 aliphatic rings. The number of rotatable bonds is 10. The lowest BCUT2D eigenvalue weighted by molar-refractivity contribution is -0.123. The first-order valence-corrected chi connectivity index (χ1v) is 10.7. The number of nitrogens with zero attached hydrogens (tertiary/aromatic N) is 1. The second-order valence-corrected chi connectivity index (χ2v) is 7.01. The van der Waals surface area contributed by atoms with Gasteiger partial charge in [-0.25, -0.2) is 4.79 Å². The zero-order valence-electron chi connectivity index (χ0n) is 19.3. The summed E-state index contributed by atoms with van der Waals surface area (Å²) in [4.78, 5) is 36.3. The first kappa shape index (κ1) is 24.7. The normalized spacial score (nSPS) is 10.8. The molecule has 2 amide bonds. The quantitative estimate of drug-likeness (QED) is 0.435. The molecular formula is C24H31N3O5. The van der Waals surface area contributed by atoms with E-state index in [-0.39, 0.29) is 25.0 Å². The summed E-state index contributed by atoms with van der Waals surface area (Å²) in [6.07, 6.45) is 3.03. The summed E-state index contributed by atoms with van der Waals surface area (Å²) < 4.78 is 12.6. The van der Waals surface area contributed by atoms with Gasteiger partial charge in [0.1, 0.15) is 5.75 Å². The van der Waals surface area contributed by atoms with Crippen LogP contribution in [0.5, 0.6) is 5.75 Å². The van der Waals surface area contributed by atoms with Crippen molar-refractivity contribution in [2.45, 2.75) is 41.2 Å². The number of anilines is 1. The van der Waals surface area contributed by atoms with Crippen LogP contribution in [0.4, 0.5) is 5.69 Å². The number of esters is 1. The second-order valence-electron chi connectivity index (χ2n) is 7.01. The van der Waals surface area contributed by atoms with Crippen LogP contribution in [-0.2, 0) is 20.9 Å². The van der Waals surface area contributed by atoms with E-state index in [0.717, 1.165) is 11.4 Å². The third-order valence-corrected chi connectivity index (χ3v) is 4.89. The molecule has 1 heterocycles. The Kier molecular flexibility index (Phi) is 9.07. The van der Waals surface area contributed by atoms with Crippen LogP contribution in [0.15, 0.2) is 30.3 Å².